The van der Waals surface area contributed by atoms with Gasteiger partial charge in [-0.1, -0.05) is 20.8 Å². The first kappa shape index (κ1) is 23.0. The molecule has 0 amide bonds. The highest BCUT2D eigenvalue weighted by molar-refractivity contribution is 5.72. The third-order valence-corrected chi connectivity index (χ3v) is 10.7. The molecule has 31 heavy (non-hydrogen) atoms. The fourth-order valence-electron chi connectivity index (χ4n) is 8.76. The number of esters is 1. The number of ether oxygens (including phenoxy) is 1. The Morgan fingerprint density at radius 3 is 2.42 bits per heavy atom. The zero-order chi connectivity index (χ0) is 22.8. The fraction of sp³-hybridized carbons (Fsp3) is 0.920. The van der Waals surface area contributed by atoms with E-state index in [1.807, 2.05) is 6.92 Å². The minimum absolute atomic E-state index is 0.0230. The average Bonchev–Trinajstić information content (AvgIpc) is 3.13. The molecule has 3 N–H and O–H groups in total. The van der Waals surface area contributed by atoms with Crippen molar-refractivity contribution in [2.45, 2.75) is 96.7 Å². The molecule has 4 fully saturated rings. The summed E-state index contributed by atoms with van der Waals surface area (Å²) in [4.78, 5) is 24.0. The second kappa shape index (κ2) is 7.44. The lowest BCUT2D eigenvalue weighted by Crippen LogP contribution is -2.53. The summed E-state index contributed by atoms with van der Waals surface area (Å²) in [6.45, 7) is 7.88. The van der Waals surface area contributed by atoms with Gasteiger partial charge in [-0.2, -0.15) is 0 Å². The van der Waals surface area contributed by atoms with Gasteiger partial charge in [0, 0.05) is 12.3 Å². The molecule has 1 saturated heterocycles. The highest BCUT2D eigenvalue weighted by Gasteiger charge is 2.65. The van der Waals surface area contributed by atoms with Gasteiger partial charge in [-0.25, -0.2) is 0 Å². The van der Waals surface area contributed by atoms with Gasteiger partial charge >= 0.3 is 11.9 Å². The van der Waals surface area contributed by atoms with Crippen molar-refractivity contribution in [1.29, 1.82) is 0 Å². The van der Waals surface area contributed by atoms with E-state index >= 15 is 0 Å². The summed E-state index contributed by atoms with van der Waals surface area (Å²) in [5, 5.41) is 30.8. The van der Waals surface area contributed by atoms with E-state index in [-0.39, 0.29) is 41.2 Å². The Morgan fingerprint density at radius 1 is 1.16 bits per heavy atom. The van der Waals surface area contributed by atoms with Crippen molar-refractivity contribution in [3.05, 3.63) is 0 Å². The number of aliphatic hydroxyl groups excluding tert-OH is 1. The Morgan fingerprint density at radius 2 is 1.84 bits per heavy atom. The van der Waals surface area contributed by atoms with Crippen molar-refractivity contribution in [3.63, 3.8) is 0 Å². The molecule has 1 aliphatic heterocycles. The molecule has 6 heteroatoms. The van der Waals surface area contributed by atoms with E-state index in [1.54, 1.807) is 6.92 Å². The minimum Gasteiger partial charge on any atom is -0.481 e. The van der Waals surface area contributed by atoms with Crippen LogP contribution in [0.15, 0.2) is 0 Å². The van der Waals surface area contributed by atoms with Crippen LogP contribution in [0.3, 0.4) is 0 Å². The van der Waals surface area contributed by atoms with E-state index in [9.17, 15) is 24.9 Å². The number of aliphatic carboxylic acids is 1. The van der Waals surface area contributed by atoms with Gasteiger partial charge in [0.05, 0.1) is 18.1 Å². The van der Waals surface area contributed by atoms with Crippen molar-refractivity contribution in [2.75, 3.05) is 6.61 Å². The molecule has 0 radical (unpaired) electrons. The molecule has 0 aromatic heterocycles. The fourth-order valence-corrected chi connectivity index (χ4v) is 8.76. The van der Waals surface area contributed by atoms with Crippen molar-refractivity contribution in [1.82, 2.24) is 0 Å². The molecule has 3 aliphatic carbocycles. The second-order valence-corrected chi connectivity index (χ2v) is 11.9. The highest BCUT2D eigenvalue weighted by Crippen LogP contribution is 2.70. The van der Waals surface area contributed by atoms with Gasteiger partial charge in [0.1, 0.15) is 5.60 Å². The Hall–Kier alpha value is -1.14. The molecule has 6 nitrogen and oxygen atoms in total. The Labute approximate surface area is 185 Å². The molecule has 1 spiro atoms. The first-order chi connectivity index (χ1) is 14.4. The summed E-state index contributed by atoms with van der Waals surface area (Å²) in [6, 6.07) is 0. The number of hydrogen-bond donors (Lipinski definition) is 3. The van der Waals surface area contributed by atoms with E-state index in [0.29, 0.717) is 31.1 Å². The standard InChI is InChI=1S/C25H40O6/c1-15(21(28)29)17-8-11-23(3)18-5-6-19(24(4,30)14-26)25(12-9-20(27)31-25)13-16(18)7-10-22(17,23)2/h15-19,26,30H,5-14H2,1-4H3,(H,28,29)/t15-,16+,17+,18-,19-,22+,23-,24-,25+/m1/s1. The van der Waals surface area contributed by atoms with Crippen molar-refractivity contribution < 1.29 is 29.6 Å². The smallest absolute Gasteiger partial charge is 0.306 e. The zero-order valence-corrected chi connectivity index (χ0v) is 19.5. The van der Waals surface area contributed by atoms with Crippen LogP contribution in [0.25, 0.3) is 0 Å². The summed E-state index contributed by atoms with van der Waals surface area (Å²) in [5.41, 5.74) is -1.98. The van der Waals surface area contributed by atoms with Crippen LogP contribution in [-0.2, 0) is 14.3 Å². The van der Waals surface area contributed by atoms with Crippen LogP contribution in [0.1, 0.15) is 85.5 Å². The van der Waals surface area contributed by atoms with Gasteiger partial charge in [-0.05, 0) is 86.9 Å². The van der Waals surface area contributed by atoms with E-state index in [4.69, 9.17) is 4.74 Å². The normalized spacial score (nSPS) is 47.7. The third-order valence-electron chi connectivity index (χ3n) is 10.7. The maximum Gasteiger partial charge on any atom is 0.306 e. The van der Waals surface area contributed by atoms with E-state index in [0.717, 1.165) is 38.5 Å². The lowest BCUT2D eigenvalue weighted by molar-refractivity contribution is -0.173. The summed E-state index contributed by atoms with van der Waals surface area (Å²) in [7, 11) is 0. The molecule has 9 atom stereocenters. The SMILES string of the molecule is C[C@@H](C(=O)O)[C@@H]1CC[C@]2(C)[C@@H]3CC[C@H]([C@](C)(O)CO)[C@]4(CCC(=O)O4)C[C@@H]3CC[C@@]12C. The first-order valence-electron chi connectivity index (χ1n) is 12.2. The lowest BCUT2D eigenvalue weighted by atomic mass is 9.48. The van der Waals surface area contributed by atoms with Crippen LogP contribution >= 0.6 is 0 Å². The van der Waals surface area contributed by atoms with Crippen LogP contribution in [0.2, 0.25) is 0 Å². The van der Waals surface area contributed by atoms with Gasteiger partial charge in [0.15, 0.2) is 0 Å². The first-order valence-corrected chi connectivity index (χ1v) is 12.2. The van der Waals surface area contributed by atoms with E-state index in [1.165, 1.54) is 0 Å². The predicted octanol–water partition coefficient (Wildman–Crippen LogP) is 3.78. The van der Waals surface area contributed by atoms with Crippen molar-refractivity contribution >= 4 is 11.9 Å². The molecule has 1 heterocycles. The maximum atomic E-state index is 12.2. The highest BCUT2D eigenvalue weighted by atomic mass is 16.6. The van der Waals surface area contributed by atoms with E-state index < -0.39 is 17.2 Å². The summed E-state index contributed by atoms with van der Waals surface area (Å²) < 4.78 is 5.99. The number of aliphatic hydroxyl groups is 2. The van der Waals surface area contributed by atoms with Crippen molar-refractivity contribution in [2.24, 2.45) is 40.4 Å². The maximum absolute atomic E-state index is 12.2. The van der Waals surface area contributed by atoms with Crippen LogP contribution < -0.4 is 0 Å². The molecule has 0 aromatic rings. The van der Waals surface area contributed by atoms with Gasteiger partial charge in [-0.3, -0.25) is 9.59 Å². The van der Waals surface area contributed by atoms with E-state index in [2.05, 4.69) is 13.8 Å². The third kappa shape index (κ3) is 3.26. The molecule has 176 valence electrons. The number of carboxylic acid groups (broad SMARTS) is 1. The Kier molecular flexibility index (Phi) is 5.53. The van der Waals surface area contributed by atoms with Gasteiger partial charge in [0.2, 0.25) is 0 Å². The molecule has 4 rings (SSSR count). The quantitative estimate of drug-likeness (QED) is 0.580. The van der Waals surface area contributed by atoms with Crippen LogP contribution in [0.5, 0.6) is 0 Å². The molecule has 0 aromatic carbocycles. The van der Waals surface area contributed by atoms with Gasteiger partial charge < -0.3 is 20.1 Å². The Balaban J connectivity index is 1.69. The minimum atomic E-state index is -1.29. The summed E-state index contributed by atoms with van der Waals surface area (Å²) >= 11 is 0. The number of rotatable bonds is 4. The Bertz CT molecular complexity index is 748. The monoisotopic (exact) mass is 436 g/mol. The molecule has 0 bridgehead atoms. The number of fused-ring (bicyclic) bond motifs is 3. The second-order valence-electron chi connectivity index (χ2n) is 11.9. The largest absolute Gasteiger partial charge is 0.481 e. The van der Waals surface area contributed by atoms with Crippen LogP contribution in [-0.4, -0.2) is 45.1 Å². The lowest BCUT2D eigenvalue weighted by Gasteiger charge is -2.57. The van der Waals surface area contributed by atoms with Gasteiger partial charge in [0.25, 0.3) is 0 Å². The van der Waals surface area contributed by atoms with Crippen LogP contribution in [0.4, 0.5) is 0 Å². The summed E-state index contributed by atoms with van der Waals surface area (Å²) in [5.74, 6) is -0.551. The predicted molar refractivity (Wildman–Crippen MR) is 115 cm³/mol. The number of carboxylic acids is 1. The number of hydrogen-bond acceptors (Lipinski definition) is 5. The number of carbonyl (C=O) groups excluding carboxylic acids is 1. The van der Waals surface area contributed by atoms with Crippen molar-refractivity contribution in [3.8, 4) is 0 Å². The molecule has 4 aliphatic rings. The molecule has 3 saturated carbocycles. The molecular weight excluding hydrogens is 396 g/mol. The van der Waals surface area contributed by atoms with Gasteiger partial charge in [-0.15, -0.1) is 0 Å². The van der Waals surface area contributed by atoms with Crippen LogP contribution in [0, 0.1) is 40.4 Å². The zero-order valence-electron chi connectivity index (χ0n) is 19.5. The molecular formula is C25H40O6. The average molecular weight is 437 g/mol. The summed E-state index contributed by atoms with van der Waals surface area (Å²) in [6.07, 6.45) is 7.35. The number of carbonyl (C=O) groups is 2. The topological polar surface area (TPSA) is 104 Å². The molecule has 0 unspecified atom stereocenters.